The molecule has 2 fully saturated rings. The molecule has 7 nitrogen and oxygen atoms in total. The summed E-state index contributed by atoms with van der Waals surface area (Å²) in [4.78, 5) is 38.9. The number of carbonyl (C=O) groups excluding carboxylic acids is 3. The van der Waals surface area contributed by atoms with E-state index < -0.39 is 23.4 Å². The van der Waals surface area contributed by atoms with Crippen LogP contribution in [0, 0.1) is 6.92 Å². The number of nitrogens with one attached hydrogen (secondary N) is 2. The molecule has 1 heterocycles. The molecule has 1 atom stereocenters. The second-order valence-corrected chi connectivity index (χ2v) is 8.41. The molecule has 1 aliphatic carbocycles. The van der Waals surface area contributed by atoms with E-state index in [2.05, 4.69) is 10.6 Å². The van der Waals surface area contributed by atoms with Gasteiger partial charge in [0.25, 0.3) is 5.91 Å². The number of urea groups is 1. The molecule has 7 heteroatoms. The molecule has 4 amide bonds. The number of anilines is 1. The fraction of sp³-hybridized carbons (Fsp3) is 0.375. The highest BCUT2D eigenvalue weighted by Gasteiger charge is 2.49. The number of rotatable bonds is 6. The van der Waals surface area contributed by atoms with E-state index in [0.717, 1.165) is 29.1 Å². The van der Waals surface area contributed by atoms with Gasteiger partial charge in [-0.15, -0.1) is 0 Å². The summed E-state index contributed by atoms with van der Waals surface area (Å²) in [6, 6.07) is 14.0. The van der Waals surface area contributed by atoms with Crippen LogP contribution in [0.3, 0.4) is 0 Å². The van der Waals surface area contributed by atoms with Crippen LogP contribution in [0.4, 0.5) is 10.5 Å². The van der Waals surface area contributed by atoms with Crippen LogP contribution in [0.15, 0.2) is 48.5 Å². The van der Waals surface area contributed by atoms with E-state index >= 15 is 0 Å². The molecule has 1 aliphatic heterocycles. The predicted molar refractivity (Wildman–Crippen MR) is 117 cm³/mol. The van der Waals surface area contributed by atoms with Gasteiger partial charge in [-0.2, -0.15) is 0 Å². The summed E-state index contributed by atoms with van der Waals surface area (Å²) < 4.78 is 5.92. The monoisotopic (exact) mass is 421 g/mol. The van der Waals surface area contributed by atoms with E-state index in [1.165, 1.54) is 12.8 Å². The van der Waals surface area contributed by atoms with Gasteiger partial charge in [0.05, 0.1) is 6.10 Å². The normalized spacial score (nSPS) is 21.3. The number of hydrogen-bond donors (Lipinski definition) is 2. The summed E-state index contributed by atoms with van der Waals surface area (Å²) in [5.41, 5.74) is 1.12. The number of ether oxygens (including phenoxy) is 1. The van der Waals surface area contributed by atoms with Gasteiger partial charge in [-0.1, -0.05) is 29.8 Å². The summed E-state index contributed by atoms with van der Waals surface area (Å²) in [5, 5.41) is 5.45. The fourth-order valence-corrected chi connectivity index (χ4v) is 4.08. The highest BCUT2D eigenvalue weighted by molar-refractivity contribution is 6.10. The molecule has 2 aromatic carbocycles. The predicted octanol–water partition coefficient (Wildman–Crippen LogP) is 3.72. The average molecular weight is 421 g/mol. The lowest BCUT2D eigenvalue weighted by atomic mass is 9.91. The van der Waals surface area contributed by atoms with Gasteiger partial charge in [-0.3, -0.25) is 14.5 Å². The number of nitrogens with zero attached hydrogens (tertiary/aromatic N) is 1. The zero-order chi connectivity index (χ0) is 22.0. The third-order valence-corrected chi connectivity index (χ3v) is 5.95. The number of amides is 4. The first-order valence-electron chi connectivity index (χ1n) is 10.6. The van der Waals surface area contributed by atoms with Crippen LogP contribution in [0.2, 0.25) is 0 Å². The summed E-state index contributed by atoms with van der Waals surface area (Å²) in [6.07, 6.45) is 4.82. The summed E-state index contributed by atoms with van der Waals surface area (Å²) in [5.74, 6) is -0.120. The van der Waals surface area contributed by atoms with E-state index in [9.17, 15) is 14.4 Å². The van der Waals surface area contributed by atoms with E-state index in [-0.39, 0.29) is 12.6 Å². The van der Waals surface area contributed by atoms with Crippen molar-refractivity contribution < 1.29 is 19.1 Å². The third kappa shape index (κ3) is 4.40. The highest BCUT2D eigenvalue weighted by Crippen LogP contribution is 2.29. The minimum Gasteiger partial charge on any atom is -0.490 e. The molecule has 1 saturated heterocycles. The Bertz CT molecular complexity index is 981. The van der Waals surface area contributed by atoms with Gasteiger partial charge < -0.3 is 15.4 Å². The van der Waals surface area contributed by atoms with Crippen LogP contribution in [-0.4, -0.2) is 35.4 Å². The molecular weight excluding hydrogens is 394 g/mol. The van der Waals surface area contributed by atoms with Gasteiger partial charge >= 0.3 is 6.03 Å². The van der Waals surface area contributed by atoms with E-state index in [4.69, 9.17) is 4.74 Å². The molecular formula is C24H27N3O4. The molecule has 0 radical (unpaired) electrons. The second-order valence-electron chi connectivity index (χ2n) is 8.41. The molecule has 0 spiro atoms. The Balaban J connectivity index is 1.37. The van der Waals surface area contributed by atoms with Crippen molar-refractivity contribution in [3.05, 3.63) is 59.7 Å². The van der Waals surface area contributed by atoms with Crippen molar-refractivity contribution in [2.45, 2.75) is 51.2 Å². The zero-order valence-corrected chi connectivity index (χ0v) is 17.8. The Morgan fingerprint density at radius 2 is 1.74 bits per heavy atom. The van der Waals surface area contributed by atoms with Crippen molar-refractivity contribution in [3.63, 3.8) is 0 Å². The minimum absolute atomic E-state index is 0.267. The second kappa shape index (κ2) is 8.41. The zero-order valence-electron chi connectivity index (χ0n) is 17.8. The van der Waals surface area contributed by atoms with E-state index in [1.807, 2.05) is 43.3 Å². The Morgan fingerprint density at radius 3 is 2.39 bits per heavy atom. The maximum Gasteiger partial charge on any atom is 0.325 e. The van der Waals surface area contributed by atoms with Crippen molar-refractivity contribution in [1.82, 2.24) is 10.2 Å². The summed E-state index contributed by atoms with van der Waals surface area (Å²) in [6.45, 7) is 3.25. The lowest BCUT2D eigenvalue weighted by Crippen LogP contribution is -2.42. The fourth-order valence-electron chi connectivity index (χ4n) is 4.08. The first kappa shape index (κ1) is 20.9. The lowest BCUT2D eigenvalue weighted by molar-refractivity contribution is -0.133. The van der Waals surface area contributed by atoms with E-state index in [1.54, 1.807) is 19.1 Å². The first-order chi connectivity index (χ1) is 14.8. The molecule has 2 aliphatic rings. The van der Waals surface area contributed by atoms with E-state index in [0.29, 0.717) is 11.3 Å². The van der Waals surface area contributed by atoms with Gasteiger partial charge in [0.15, 0.2) is 0 Å². The summed E-state index contributed by atoms with van der Waals surface area (Å²) in [7, 11) is 0. The Kier molecular flexibility index (Phi) is 5.67. The van der Waals surface area contributed by atoms with Crippen LogP contribution in [0.5, 0.6) is 5.75 Å². The van der Waals surface area contributed by atoms with Gasteiger partial charge in [0.2, 0.25) is 5.91 Å². The van der Waals surface area contributed by atoms with Gasteiger partial charge in [0, 0.05) is 5.69 Å². The van der Waals surface area contributed by atoms with Gasteiger partial charge in [0.1, 0.15) is 17.8 Å². The molecule has 1 unspecified atom stereocenters. The maximum atomic E-state index is 13.0. The van der Waals surface area contributed by atoms with Crippen LogP contribution in [-0.2, 0) is 15.1 Å². The molecule has 0 bridgehead atoms. The molecule has 2 N–H and O–H groups in total. The van der Waals surface area contributed by atoms with Gasteiger partial charge in [-0.05, 0) is 69.4 Å². The van der Waals surface area contributed by atoms with Crippen LogP contribution >= 0.6 is 0 Å². The topological polar surface area (TPSA) is 87.7 Å². The highest BCUT2D eigenvalue weighted by atomic mass is 16.5. The van der Waals surface area contributed by atoms with Crippen molar-refractivity contribution in [2.75, 3.05) is 11.9 Å². The summed E-state index contributed by atoms with van der Waals surface area (Å²) >= 11 is 0. The maximum absolute atomic E-state index is 13.0. The minimum atomic E-state index is -1.19. The SMILES string of the molecule is Cc1ccc(C2(C)NC(=O)N(CC(=O)Nc3ccc(OC4CCCC4)cc3)C2=O)cc1. The Labute approximate surface area is 181 Å². The molecule has 162 valence electrons. The van der Waals surface area contributed by atoms with Crippen molar-refractivity contribution in [3.8, 4) is 5.75 Å². The van der Waals surface area contributed by atoms with Gasteiger partial charge in [-0.25, -0.2) is 4.79 Å². The largest absolute Gasteiger partial charge is 0.490 e. The number of aryl methyl sites for hydroxylation is 1. The molecule has 0 aromatic heterocycles. The van der Waals surface area contributed by atoms with Crippen molar-refractivity contribution in [2.24, 2.45) is 0 Å². The van der Waals surface area contributed by atoms with Crippen molar-refractivity contribution >= 4 is 23.5 Å². The Morgan fingerprint density at radius 1 is 1.10 bits per heavy atom. The first-order valence-corrected chi connectivity index (χ1v) is 10.6. The molecule has 2 aromatic rings. The molecule has 31 heavy (non-hydrogen) atoms. The Hall–Kier alpha value is -3.35. The molecule has 4 rings (SSSR count). The number of carbonyl (C=O) groups is 3. The average Bonchev–Trinajstić information content (AvgIpc) is 3.33. The standard InChI is InChI=1S/C24H27N3O4/c1-16-7-9-17(10-8-16)24(2)22(29)27(23(30)26-24)15-21(28)25-18-11-13-20(14-12-18)31-19-5-3-4-6-19/h7-14,19H,3-6,15H2,1-2H3,(H,25,28)(H,26,30). The van der Waals surface area contributed by atoms with Crippen LogP contribution in [0.1, 0.15) is 43.7 Å². The molecule has 1 saturated carbocycles. The smallest absolute Gasteiger partial charge is 0.325 e. The third-order valence-electron chi connectivity index (χ3n) is 5.95. The number of hydrogen-bond acceptors (Lipinski definition) is 4. The number of benzene rings is 2. The van der Waals surface area contributed by atoms with Crippen LogP contribution in [0.25, 0.3) is 0 Å². The van der Waals surface area contributed by atoms with Crippen molar-refractivity contribution in [1.29, 1.82) is 0 Å². The lowest BCUT2D eigenvalue weighted by Gasteiger charge is -2.22. The van der Waals surface area contributed by atoms with Crippen LogP contribution < -0.4 is 15.4 Å². The quantitative estimate of drug-likeness (QED) is 0.696. The number of imide groups is 1.